The van der Waals surface area contributed by atoms with Gasteiger partial charge in [-0.2, -0.15) is 0 Å². The van der Waals surface area contributed by atoms with Crippen LogP contribution < -0.4 is 0 Å². The van der Waals surface area contributed by atoms with E-state index < -0.39 is 11.7 Å². The van der Waals surface area contributed by atoms with Gasteiger partial charge in [0.25, 0.3) is 5.91 Å². The third-order valence-corrected chi connectivity index (χ3v) is 2.40. The number of hydrogen-bond donors (Lipinski definition) is 1. The molecule has 2 amide bonds. The van der Waals surface area contributed by atoms with E-state index in [1.807, 2.05) is 0 Å². The zero-order chi connectivity index (χ0) is 13.9. The fourth-order valence-electron chi connectivity index (χ4n) is 1.30. The number of nitrogens with zero attached hydrogens (tertiary/aromatic N) is 2. The summed E-state index contributed by atoms with van der Waals surface area (Å²) in [6.45, 7) is -0.133. The summed E-state index contributed by atoms with van der Waals surface area (Å²) >= 11 is 0. The number of phenols is 1. The highest BCUT2D eigenvalue weighted by Gasteiger charge is 2.19. The van der Waals surface area contributed by atoms with Crippen LogP contribution in [-0.2, 0) is 4.79 Å². The summed E-state index contributed by atoms with van der Waals surface area (Å²) in [4.78, 5) is 25.8. The molecule has 0 bridgehead atoms. The van der Waals surface area contributed by atoms with E-state index in [9.17, 15) is 14.0 Å². The van der Waals surface area contributed by atoms with E-state index >= 15 is 0 Å². The van der Waals surface area contributed by atoms with Gasteiger partial charge in [0.2, 0.25) is 5.91 Å². The van der Waals surface area contributed by atoms with E-state index in [0.29, 0.717) is 0 Å². The first-order chi connectivity index (χ1) is 8.32. The second kappa shape index (κ2) is 5.48. The Kier molecular flexibility index (Phi) is 4.25. The Morgan fingerprint density at radius 2 is 1.89 bits per heavy atom. The Labute approximate surface area is 104 Å². The molecule has 0 aliphatic heterocycles. The van der Waals surface area contributed by atoms with E-state index in [2.05, 4.69) is 0 Å². The molecule has 98 valence electrons. The highest BCUT2D eigenvalue weighted by molar-refractivity contribution is 5.96. The Balaban J connectivity index is 2.84. The third-order valence-electron chi connectivity index (χ3n) is 2.40. The van der Waals surface area contributed by atoms with Crippen LogP contribution in [0.15, 0.2) is 18.2 Å². The number of amides is 2. The predicted octanol–water partition coefficient (Wildman–Crippen LogP) is 0.692. The highest BCUT2D eigenvalue weighted by Crippen LogP contribution is 2.16. The molecule has 0 saturated carbocycles. The van der Waals surface area contributed by atoms with Crippen LogP contribution in [0, 0.1) is 5.82 Å². The molecule has 0 radical (unpaired) electrons. The van der Waals surface area contributed by atoms with Gasteiger partial charge in [-0.25, -0.2) is 4.39 Å². The maximum absolute atomic E-state index is 13.5. The van der Waals surface area contributed by atoms with Crippen molar-refractivity contribution in [2.45, 2.75) is 0 Å². The molecule has 1 N–H and O–H groups in total. The van der Waals surface area contributed by atoms with Crippen molar-refractivity contribution in [2.24, 2.45) is 0 Å². The molecule has 0 unspecified atom stereocenters. The average molecular weight is 254 g/mol. The van der Waals surface area contributed by atoms with Gasteiger partial charge in [-0.15, -0.1) is 0 Å². The van der Waals surface area contributed by atoms with Crippen LogP contribution in [0.25, 0.3) is 0 Å². The number of benzene rings is 1. The van der Waals surface area contributed by atoms with E-state index in [0.717, 1.165) is 11.0 Å². The SMILES string of the molecule is CN(C)C(=O)CN(C)C(=O)c1ccc(O)cc1F. The summed E-state index contributed by atoms with van der Waals surface area (Å²) in [7, 11) is 4.56. The maximum atomic E-state index is 13.5. The number of hydrogen-bond acceptors (Lipinski definition) is 3. The highest BCUT2D eigenvalue weighted by atomic mass is 19.1. The van der Waals surface area contributed by atoms with Crippen molar-refractivity contribution < 1.29 is 19.1 Å². The molecule has 0 aliphatic rings. The first kappa shape index (κ1) is 14.0. The zero-order valence-corrected chi connectivity index (χ0v) is 10.5. The second-order valence-electron chi connectivity index (χ2n) is 4.11. The van der Waals surface area contributed by atoms with Crippen molar-refractivity contribution in [3.63, 3.8) is 0 Å². The summed E-state index contributed by atoms with van der Waals surface area (Å²) < 4.78 is 13.5. The van der Waals surface area contributed by atoms with Crippen LogP contribution >= 0.6 is 0 Å². The first-order valence-electron chi connectivity index (χ1n) is 5.27. The maximum Gasteiger partial charge on any atom is 0.257 e. The van der Waals surface area contributed by atoms with Crippen LogP contribution in [0.1, 0.15) is 10.4 Å². The fraction of sp³-hybridized carbons (Fsp3) is 0.333. The Bertz CT molecular complexity index is 474. The molecule has 6 heteroatoms. The molecule has 1 aromatic carbocycles. The summed E-state index contributed by atoms with van der Waals surface area (Å²) in [5, 5.41) is 9.05. The van der Waals surface area contributed by atoms with E-state index in [-0.39, 0.29) is 23.8 Å². The minimum atomic E-state index is -0.816. The quantitative estimate of drug-likeness (QED) is 0.863. The van der Waals surface area contributed by atoms with Crippen molar-refractivity contribution >= 4 is 11.8 Å². The van der Waals surface area contributed by atoms with Gasteiger partial charge < -0.3 is 14.9 Å². The Morgan fingerprint density at radius 1 is 1.28 bits per heavy atom. The minimum absolute atomic E-state index is 0.133. The van der Waals surface area contributed by atoms with Crippen LogP contribution in [0.4, 0.5) is 4.39 Å². The predicted molar refractivity (Wildman–Crippen MR) is 63.7 cm³/mol. The number of phenolic OH excluding ortho intramolecular Hbond substituents is 1. The van der Waals surface area contributed by atoms with Gasteiger partial charge in [-0.1, -0.05) is 0 Å². The van der Waals surface area contributed by atoms with Gasteiger partial charge in [0, 0.05) is 27.2 Å². The van der Waals surface area contributed by atoms with E-state index in [1.54, 1.807) is 14.1 Å². The summed E-state index contributed by atoms with van der Waals surface area (Å²) in [6.07, 6.45) is 0. The van der Waals surface area contributed by atoms with Gasteiger partial charge in [0.1, 0.15) is 11.6 Å². The average Bonchev–Trinajstić information content (AvgIpc) is 2.27. The standard InChI is InChI=1S/C12H15FN2O3/c1-14(2)11(17)7-15(3)12(18)9-5-4-8(16)6-10(9)13/h4-6,16H,7H2,1-3H3. The van der Waals surface area contributed by atoms with Gasteiger partial charge in [-0.05, 0) is 12.1 Å². The number of aromatic hydroxyl groups is 1. The lowest BCUT2D eigenvalue weighted by molar-refractivity contribution is -0.129. The number of rotatable bonds is 3. The molecule has 0 heterocycles. The normalized spacial score (nSPS) is 10.0. The van der Waals surface area contributed by atoms with Crippen molar-refractivity contribution in [1.29, 1.82) is 0 Å². The molecule has 0 aromatic heterocycles. The van der Waals surface area contributed by atoms with Crippen molar-refractivity contribution in [1.82, 2.24) is 9.80 Å². The van der Waals surface area contributed by atoms with Crippen LogP contribution in [0.2, 0.25) is 0 Å². The molecular weight excluding hydrogens is 239 g/mol. The number of carbonyl (C=O) groups excluding carboxylic acids is 2. The first-order valence-corrected chi connectivity index (χ1v) is 5.27. The molecule has 0 aliphatic carbocycles. The zero-order valence-electron chi connectivity index (χ0n) is 10.5. The molecule has 1 aromatic rings. The lowest BCUT2D eigenvalue weighted by Gasteiger charge is -2.19. The number of carbonyl (C=O) groups is 2. The van der Waals surface area contributed by atoms with Crippen molar-refractivity contribution in [2.75, 3.05) is 27.7 Å². The lowest BCUT2D eigenvalue weighted by Crippen LogP contribution is -2.38. The molecule has 0 saturated heterocycles. The van der Waals surface area contributed by atoms with Crippen molar-refractivity contribution in [3.8, 4) is 5.75 Å². The van der Waals surface area contributed by atoms with Gasteiger partial charge in [0.15, 0.2) is 0 Å². The van der Waals surface area contributed by atoms with E-state index in [1.165, 1.54) is 24.1 Å². The van der Waals surface area contributed by atoms with Gasteiger partial charge >= 0.3 is 0 Å². The summed E-state index contributed by atoms with van der Waals surface area (Å²) in [5.41, 5.74) is -0.179. The monoisotopic (exact) mass is 254 g/mol. The molecule has 1 rings (SSSR count). The van der Waals surface area contributed by atoms with Crippen LogP contribution in [0.3, 0.4) is 0 Å². The van der Waals surface area contributed by atoms with Crippen molar-refractivity contribution in [3.05, 3.63) is 29.6 Å². The van der Waals surface area contributed by atoms with Gasteiger partial charge in [0.05, 0.1) is 12.1 Å². The lowest BCUT2D eigenvalue weighted by atomic mass is 10.2. The van der Waals surface area contributed by atoms with Gasteiger partial charge in [-0.3, -0.25) is 9.59 Å². The second-order valence-corrected chi connectivity index (χ2v) is 4.11. The topological polar surface area (TPSA) is 60.9 Å². The summed E-state index contributed by atoms with van der Waals surface area (Å²) in [5.74, 6) is -1.94. The Morgan fingerprint density at radius 3 is 2.39 bits per heavy atom. The van der Waals surface area contributed by atoms with Crippen LogP contribution in [0.5, 0.6) is 5.75 Å². The molecule has 0 spiro atoms. The fourth-order valence-corrected chi connectivity index (χ4v) is 1.30. The smallest absolute Gasteiger partial charge is 0.257 e. The van der Waals surface area contributed by atoms with E-state index in [4.69, 9.17) is 5.11 Å². The Hall–Kier alpha value is -2.11. The summed E-state index contributed by atoms with van der Waals surface area (Å²) in [6, 6.07) is 3.26. The molecule has 0 atom stereocenters. The molecule has 0 fully saturated rings. The molecule has 18 heavy (non-hydrogen) atoms. The number of likely N-dealkylation sites (N-methyl/N-ethyl adjacent to an activating group) is 2. The molecular formula is C12H15FN2O3. The number of halogens is 1. The third kappa shape index (κ3) is 3.19. The minimum Gasteiger partial charge on any atom is -0.508 e. The molecule has 5 nitrogen and oxygen atoms in total. The largest absolute Gasteiger partial charge is 0.508 e. The van der Waals surface area contributed by atoms with Crippen LogP contribution in [-0.4, -0.2) is 54.4 Å².